The molecule has 7 nitrogen and oxygen atoms in total. The van der Waals surface area contributed by atoms with Crippen LogP contribution in [0.1, 0.15) is 124 Å². The van der Waals surface area contributed by atoms with Gasteiger partial charge in [-0.15, -0.1) is 0 Å². The van der Waals surface area contributed by atoms with Crippen LogP contribution in [0.25, 0.3) is 0 Å². The first-order valence-corrected chi connectivity index (χ1v) is 16.7. The minimum absolute atomic E-state index is 0.0755. The van der Waals surface area contributed by atoms with Gasteiger partial charge in [0.1, 0.15) is 17.6 Å². The molecule has 0 amide bonds. The van der Waals surface area contributed by atoms with E-state index in [1.54, 1.807) is 0 Å². The summed E-state index contributed by atoms with van der Waals surface area (Å²) < 4.78 is 12.2. The third-order valence-electron chi connectivity index (χ3n) is 12.1. The molecule has 9 atom stereocenters. The Morgan fingerprint density at radius 1 is 0.976 bits per heavy atom. The van der Waals surface area contributed by atoms with Crippen LogP contribution in [0, 0.1) is 34.0 Å². The molecule has 0 aromatic rings. The minimum Gasteiger partial charge on any atom is -0.460 e. The summed E-state index contributed by atoms with van der Waals surface area (Å²) in [6.07, 6.45) is 12.6. The van der Waals surface area contributed by atoms with E-state index in [2.05, 4.69) is 27.4 Å². The van der Waals surface area contributed by atoms with Crippen molar-refractivity contribution >= 4 is 11.8 Å². The number of ketones is 1. The lowest BCUT2D eigenvalue weighted by molar-refractivity contribution is -0.458. The largest absolute Gasteiger partial charge is 0.460 e. The predicted octanol–water partition coefficient (Wildman–Crippen LogP) is 5.63. The fraction of sp³-hybridized carbons (Fsp3) is 0.882. The van der Waals surface area contributed by atoms with Gasteiger partial charge in [-0.1, -0.05) is 91.6 Å². The second kappa shape index (κ2) is 11.7. The van der Waals surface area contributed by atoms with E-state index in [9.17, 15) is 24.9 Å². The van der Waals surface area contributed by atoms with Crippen molar-refractivity contribution in [3.05, 3.63) is 12.2 Å². The fourth-order valence-electron chi connectivity index (χ4n) is 10.2. The van der Waals surface area contributed by atoms with Crippen molar-refractivity contribution in [3.8, 4) is 0 Å². The van der Waals surface area contributed by atoms with Gasteiger partial charge in [-0.2, -0.15) is 0 Å². The van der Waals surface area contributed by atoms with Crippen molar-refractivity contribution in [2.45, 2.75) is 148 Å². The number of hydrogen-bond donors (Lipinski definition) is 3. The lowest BCUT2D eigenvalue weighted by atomic mass is 9.35. The Balaban J connectivity index is 1.27. The summed E-state index contributed by atoms with van der Waals surface area (Å²) in [6.45, 7) is 10.5. The number of ether oxygens (including phenoxy) is 2. The molecule has 6 fully saturated rings. The molecule has 6 aliphatic rings. The van der Waals surface area contributed by atoms with Gasteiger partial charge in [-0.25, -0.2) is 0 Å². The van der Waals surface area contributed by atoms with Gasteiger partial charge in [0.2, 0.25) is 5.79 Å². The van der Waals surface area contributed by atoms with Gasteiger partial charge in [0.05, 0.1) is 12.7 Å². The quantitative estimate of drug-likeness (QED) is 0.148. The van der Waals surface area contributed by atoms with Crippen LogP contribution in [-0.4, -0.2) is 57.8 Å². The Labute approximate surface area is 246 Å². The lowest BCUT2D eigenvalue weighted by Gasteiger charge is -2.74. The number of fused-ring (bicyclic) bond motifs is 2. The Kier molecular flexibility index (Phi) is 8.86. The van der Waals surface area contributed by atoms with E-state index < -0.39 is 52.7 Å². The van der Waals surface area contributed by atoms with Crippen molar-refractivity contribution in [2.75, 3.05) is 6.61 Å². The summed E-state index contributed by atoms with van der Waals surface area (Å²) in [4.78, 5) is 27.4. The van der Waals surface area contributed by atoms with E-state index in [4.69, 9.17) is 9.47 Å². The van der Waals surface area contributed by atoms with E-state index in [-0.39, 0.29) is 30.2 Å². The summed E-state index contributed by atoms with van der Waals surface area (Å²) in [5.74, 6) is -4.28. The molecular weight excluding hydrogens is 520 g/mol. The summed E-state index contributed by atoms with van der Waals surface area (Å²) in [5.41, 5.74) is -2.58. The summed E-state index contributed by atoms with van der Waals surface area (Å²) in [6, 6.07) is 0. The van der Waals surface area contributed by atoms with Gasteiger partial charge in [0.15, 0.2) is 5.78 Å². The SMILES string of the molecule is C=C1C(=O)[C@]23[C@H](OC(=O)CCCCCCCCCCCCC)[C@H]1CC[C@H]2[C@@]12CO[C@]3(O)[C@@H](O)[C@@H]1C(C)(C)CC[C@@H]2O. The minimum atomic E-state index is -2.20. The summed E-state index contributed by atoms with van der Waals surface area (Å²) >= 11 is 0. The predicted molar refractivity (Wildman–Crippen MR) is 156 cm³/mol. The lowest BCUT2D eigenvalue weighted by Crippen LogP contribution is -2.85. The average Bonchev–Trinajstić information content (AvgIpc) is 3.04. The molecule has 0 aromatic heterocycles. The Bertz CT molecular complexity index is 1010. The van der Waals surface area contributed by atoms with Crippen LogP contribution in [-0.2, 0) is 19.1 Å². The third-order valence-corrected chi connectivity index (χ3v) is 12.1. The first-order chi connectivity index (χ1) is 19.5. The monoisotopic (exact) mass is 574 g/mol. The van der Waals surface area contributed by atoms with E-state index >= 15 is 0 Å². The van der Waals surface area contributed by atoms with Crippen molar-refractivity contribution in [3.63, 3.8) is 0 Å². The van der Waals surface area contributed by atoms with Gasteiger partial charge in [0, 0.05) is 23.7 Å². The Hall–Kier alpha value is -1.28. The van der Waals surface area contributed by atoms with Crippen LogP contribution < -0.4 is 0 Å². The molecular formula is C34H54O7. The smallest absolute Gasteiger partial charge is 0.306 e. The highest BCUT2D eigenvalue weighted by Crippen LogP contribution is 2.76. The zero-order valence-electron chi connectivity index (χ0n) is 25.7. The molecule has 4 aliphatic carbocycles. The Morgan fingerprint density at radius 2 is 1.59 bits per heavy atom. The van der Waals surface area contributed by atoms with Crippen molar-refractivity contribution in [1.29, 1.82) is 0 Å². The van der Waals surface area contributed by atoms with Crippen molar-refractivity contribution in [2.24, 2.45) is 34.0 Å². The fourth-order valence-corrected chi connectivity index (χ4v) is 10.2. The van der Waals surface area contributed by atoms with E-state index in [0.717, 1.165) is 19.3 Å². The number of hydrogen-bond acceptors (Lipinski definition) is 7. The van der Waals surface area contributed by atoms with Crippen LogP contribution >= 0.6 is 0 Å². The first-order valence-electron chi connectivity index (χ1n) is 16.7. The highest BCUT2D eigenvalue weighted by atomic mass is 16.6. The number of aliphatic hydroxyl groups is 3. The molecule has 3 N–H and O–H groups in total. The molecule has 4 bridgehead atoms. The van der Waals surface area contributed by atoms with Crippen molar-refractivity contribution < 1.29 is 34.4 Å². The maximum atomic E-state index is 14.2. The van der Waals surface area contributed by atoms with Crippen LogP contribution in [0.3, 0.4) is 0 Å². The summed E-state index contributed by atoms with van der Waals surface area (Å²) in [7, 11) is 0. The maximum Gasteiger partial charge on any atom is 0.306 e. The number of Topliss-reactive ketones (excluding diaryl/α,β-unsaturated/α-hetero) is 1. The van der Waals surface area contributed by atoms with E-state index in [1.165, 1.54) is 51.4 Å². The first kappa shape index (κ1) is 31.2. The molecule has 0 unspecified atom stereocenters. The number of aliphatic hydroxyl groups excluding tert-OH is 2. The van der Waals surface area contributed by atoms with Gasteiger partial charge >= 0.3 is 5.97 Å². The maximum absolute atomic E-state index is 14.2. The molecule has 41 heavy (non-hydrogen) atoms. The molecule has 7 heteroatoms. The Morgan fingerprint density at radius 3 is 2.22 bits per heavy atom. The summed E-state index contributed by atoms with van der Waals surface area (Å²) in [5, 5.41) is 35.6. The molecule has 4 saturated carbocycles. The standard InChI is InChI=1S/C34H54O7/c1-5-6-7-8-9-10-11-12-13-14-15-16-26(36)41-30-23-17-18-24-32-21-40-34(39,33(24,30)28(37)22(23)2)29(38)27(32)31(3,4)20-19-25(32)35/h23-25,27,29-30,35,38-39H,2,5-21H2,1,3-4H3/t23-,24-,25-,27+,29-,30+,32+,33-,34+/m0/s1. The molecule has 2 aliphatic heterocycles. The molecule has 2 spiro atoms. The second-order valence-corrected chi connectivity index (χ2v) is 14.7. The normalized spacial score (nSPS) is 42.2. The van der Waals surface area contributed by atoms with Crippen LogP contribution in [0.5, 0.6) is 0 Å². The molecule has 2 heterocycles. The molecule has 2 saturated heterocycles. The van der Waals surface area contributed by atoms with E-state index in [1.807, 2.05) is 0 Å². The molecule has 232 valence electrons. The topological polar surface area (TPSA) is 113 Å². The molecule has 6 rings (SSSR count). The molecule has 0 radical (unpaired) electrons. The zero-order valence-corrected chi connectivity index (χ0v) is 25.7. The van der Waals surface area contributed by atoms with Crippen molar-refractivity contribution in [1.82, 2.24) is 0 Å². The van der Waals surface area contributed by atoms with Gasteiger partial charge in [-0.05, 0) is 49.0 Å². The third kappa shape index (κ3) is 4.58. The van der Waals surface area contributed by atoms with Gasteiger partial charge in [-0.3, -0.25) is 9.59 Å². The van der Waals surface area contributed by atoms with Crippen LogP contribution in [0.4, 0.5) is 0 Å². The number of unbranched alkanes of at least 4 members (excludes halogenated alkanes) is 10. The second-order valence-electron chi connectivity index (χ2n) is 14.7. The molecule has 0 aromatic carbocycles. The van der Waals surface area contributed by atoms with E-state index in [0.29, 0.717) is 31.3 Å². The highest BCUT2D eigenvalue weighted by molar-refractivity contribution is 6.05. The average molecular weight is 575 g/mol. The van der Waals surface area contributed by atoms with Gasteiger partial charge in [0.25, 0.3) is 0 Å². The highest BCUT2D eigenvalue weighted by Gasteiger charge is 2.87. The number of carbonyl (C=O) groups excluding carboxylic acids is 2. The number of esters is 1. The number of rotatable bonds is 13. The zero-order chi connectivity index (χ0) is 29.6. The van der Waals surface area contributed by atoms with Crippen LogP contribution in [0.2, 0.25) is 0 Å². The number of carbonyl (C=O) groups is 2. The van der Waals surface area contributed by atoms with Crippen LogP contribution in [0.15, 0.2) is 12.2 Å². The van der Waals surface area contributed by atoms with Gasteiger partial charge < -0.3 is 24.8 Å².